The molecule has 0 bridgehead atoms. The molecule has 2 aliphatic heterocycles. The zero-order valence-electron chi connectivity index (χ0n) is 22.0. The number of fused-ring (bicyclic) bond motifs is 2. The molecule has 1 fully saturated rings. The van der Waals surface area contributed by atoms with Crippen LogP contribution in [0.25, 0.3) is 15.6 Å². The normalized spacial score (nSPS) is 16.9. The van der Waals surface area contributed by atoms with Crippen molar-refractivity contribution in [2.45, 2.75) is 25.6 Å². The molecular formula is C31H29ClN6O2. The van der Waals surface area contributed by atoms with Gasteiger partial charge < -0.3 is 19.4 Å². The fourth-order valence-electron chi connectivity index (χ4n) is 5.68. The van der Waals surface area contributed by atoms with E-state index in [1.807, 2.05) is 30.3 Å². The second-order valence-corrected chi connectivity index (χ2v) is 10.4. The minimum absolute atomic E-state index is 0.187. The monoisotopic (exact) mass is 552 g/mol. The zero-order chi connectivity index (χ0) is 27.5. The maximum Gasteiger partial charge on any atom is 0.410 e. The number of halogens is 1. The van der Waals surface area contributed by atoms with Crippen molar-refractivity contribution in [3.05, 3.63) is 106 Å². The number of amides is 1. The molecule has 1 atom stereocenters. The van der Waals surface area contributed by atoms with Crippen LogP contribution >= 0.6 is 11.6 Å². The van der Waals surface area contributed by atoms with Gasteiger partial charge in [-0.05, 0) is 35.0 Å². The van der Waals surface area contributed by atoms with Gasteiger partial charge in [0.1, 0.15) is 18.5 Å². The van der Waals surface area contributed by atoms with E-state index in [9.17, 15) is 4.79 Å². The number of hydrogen-bond acceptors (Lipinski definition) is 6. The first-order valence-electron chi connectivity index (χ1n) is 13.4. The van der Waals surface area contributed by atoms with E-state index in [-0.39, 0.29) is 24.5 Å². The number of nitrogens with zero attached hydrogens (tertiary/aromatic N) is 6. The van der Waals surface area contributed by atoms with Gasteiger partial charge >= 0.3 is 6.09 Å². The van der Waals surface area contributed by atoms with Crippen molar-refractivity contribution in [1.29, 1.82) is 0 Å². The lowest BCUT2D eigenvalue weighted by atomic mass is 10.0. The Bertz CT molecular complexity index is 1570. The number of benzene rings is 3. The molecule has 0 radical (unpaired) electrons. The van der Waals surface area contributed by atoms with E-state index in [1.165, 1.54) is 16.5 Å². The Labute approximate surface area is 238 Å². The summed E-state index contributed by atoms with van der Waals surface area (Å²) in [5.41, 5.74) is 4.11. The van der Waals surface area contributed by atoms with Crippen LogP contribution in [0.4, 0.5) is 16.3 Å². The van der Waals surface area contributed by atoms with Gasteiger partial charge in [-0.25, -0.2) is 21.3 Å². The Morgan fingerprint density at radius 2 is 1.77 bits per heavy atom. The molecule has 1 amide bonds. The molecule has 1 aromatic heterocycles. The van der Waals surface area contributed by atoms with Gasteiger partial charge in [-0.1, -0.05) is 66.7 Å². The van der Waals surface area contributed by atoms with Gasteiger partial charge in [0.25, 0.3) is 0 Å². The highest BCUT2D eigenvalue weighted by Crippen LogP contribution is 2.34. The topological polar surface area (TPSA) is 66.2 Å². The molecule has 4 aromatic rings. The number of anilines is 2. The van der Waals surface area contributed by atoms with E-state index in [4.69, 9.17) is 22.9 Å². The van der Waals surface area contributed by atoms with Crippen molar-refractivity contribution in [2.75, 3.05) is 42.5 Å². The molecule has 8 nitrogen and oxygen atoms in total. The molecule has 0 spiro atoms. The van der Waals surface area contributed by atoms with Crippen molar-refractivity contribution in [1.82, 2.24) is 14.9 Å². The van der Waals surface area contributed by atoms with Crippen LogP contribution in [-0.4, -0.2) is 59.7 Å². The summed E-state index contributed by atoms with van der Waals surface area (Å²) >= 11 is 6.47. The number of carbonyl (C=O) groups excluding carboxylic acids is 1. The van der Waals surface area contributed by atoms with E-state index in [0.29, 0.717) is 26.2 Å². The maximum absolute atomic E-state index is 13.0. The lowest BCUT2D eigenvalue weighted by molar-refractivity contribution is 0.0788. The summed E-state index contributed by atoms with van der Waals surface area (Å²) in [6, 6.07) is 24.1. The number of ether oxygens (including phenoxy) is 1. The predicted octanol–water partition coefficient (Wildman–Crippen LogP) is 5.59. The van der Waals surface area contributed by atoms with Crippen LogP contribution in [0.5, 0.6) is 0 Å². The number of carbonyl (C=O) groups is 1. The van der Waals surface area contributed by atoms with Crippen molar-refractivity contribution >= 4 is 40.0 Å². The zero-order valence-corrected chi connectivity index (χ0v) is 22.8. The molecule has 9 heteroatoms. The average Bonchev–Trinajstić information content (AvgIpc) is 2.99. The summed E-state index contributed by atoms with van der Waals surface area (Å²) in [7, 11) is 0. The number of rotatable bonds is 5. The minimum atomic E-state index is -0.398. The molecule has 0 aliphatic carbocycles. The summed E-state index contributed by atoms with van der Waals surface area (Å²) in [5, 5.41) is 2.63. The lowest BCUT2D eigenvalue weighted by Crippen LogP contribution is -2.57. The van der Waals surface area contributed by atoms with E-state index < -0.39 is 6.09 Å². The summed E-state index contributed by atoms with van der Waals surface area (Å²) in [5.74, 6) is 0.805. The van der Waals surface area contributed by atoms with Crippen molar-refractivity contribution in [2.24, 2.45) is 0 Å². The highest BCUT2D eigenvalue weighted by atomic mass is 35.5. The first kappa shape index (κ1) is 25.9. The van der Waals surface area contributed by atoms with Crippen LogP contribution in [0.15, 0.2) is 72.8 Å². The van der Waals surface area contributed by atoms with Gasteiger partial charge in [-0.15, -0.1) is 0 Å². The predicted molar refractivity (Wildman–Crippen MR) is 157 cm³/mol. The van der Waals surface area contributed by atoms with Crippen LogP contribution in [0, 0.1) is 6.57 Å². The molecule has 3 aromatic carbocycles. The third-order valence-electron chi connectivity index (χ3n) is 7.65. The third kappa shape index (κ3) is 5.25. The standard InChI is InChI=1S/C31H29ClN6O2/c1-33-18-24-19-37(16-17-38(24)31(39)40-21-22-8-3-2-4-9-22)29-26-14-15-36(20-27(26)34-30(32)35-29)28-13-7-11-23-10-5-6-12-25(23)28/h2-13,24H,14-21H2/t24-/m0/s1. The Hall–Kier alpha value is -4.35. The summed E-state index contributed by atoms with van der Waals surface area (Å²) < 4.78 is 5.59. The molecule has 0 unspecified atom stereocenters. The SMILES string of the molecule is [C-]#[N+]C[C@H]1CN(c2nc(Cl)nc3c2CCN(c2cccc4ccccc24)C3)CCN1C(=O)OCc1ccccc1. The largest absolute Gasteiger partial charge is 0.445 e. The van der Waals surface area contributed by atoms with Gasteiger partial charge in [-0.2, -0.15) is 0 Å². The maximum atomic E-state index is 13.0. The van der Waals surface area contributed by atoms with Gasteiger partial charge in [0.2, 0.25) is 11.8 Å². The molecule has 1 saturated heterocycles. The highest BCUT2D eigenvalue weighted by Gasteiger charge is 2.36. The Morgan fingerprint density at radius 1 is 0.975 bits per heavy atom. The fourth-order valence-corrected chi connectivity index (χ4v) is 5.87. The fraction of sp³-hybridized carbons (Fsp3) is 0.290. The molecule has 2 aliphatic rings. The van der Waals surface area contributed by atoms with Crippen LogP contribution in [-0.2, 0) is 24.3 Å². The summed E-state index contributed by atoms with van der Waals surface area (Å²) in [6.45, 7) is 10.8. The molecule has 3 heterocycles. The van der Waals surface area contributed by atoms with Gasteiger partial charge in [0.15, 0.2) is 0 Å². The Kier molecular flexibility index (Phi) is 7.39. The quantitative estimate of drug-likeness (QED) is 0.237. The smallest absolute Gasteiger partial charge is 0.410 e. The van der Waals surface area contributed by atoms with Crippen molar-refractivity contribution in [3.63, 3.8) is 0 Å². The van der Waals surface area contributed by atoms with Gasteiger partial charge in [-0.3, -0.25) is 4.90 Å². The average molecular weight is 553 g/mol. The van der Waals surface area contributed by atoms with E-state index in [2.05, 4.69) is 67.1 Å². The van der Waals surface area contributed by atoms with Crippen LogP contribution in [0.3, 0.4) is 0 Å². The molecule has 0 saturated carbocycles. The van der Waals surface area contributed by atoms with E-state index >= 15 is 0 Å². The lowest BCUT2D eigenvalue weighted by Gasteiger charge is -2.40. The summed E-state index contributed by atoms with van der Waals surface area (Å²) in [6.07, 6.45) is 0.378. The third-order valence-corrected chi connectivity index (χ3v) is 7.82. The second-order valence-electron chi connectivity index (χ2n) is 10.1. The number of piperazine rings is 1. The molecule has 0 N–H and O–H groups in total. The van der Waals surface area contributed by atoms with Crippen LogP contribution in [0.1, 0.15) is 16.8 Å². The molecule has 40 heavy (non-hydrogen) atoms. The van der Waals surface area contributed by atoms with E-state index in [0.717, 1.165) is 35.6 Å². The first-order chi connectivity index (χ1) is 19.6. The molecular weight excluding hydrogens is 524 g/mol. The van der Waals surface area contributed by atoms with Gasteiger partial charge in [0, 0.05) is 42.8 Å². The highest BCUT2D eigenvalue weighted by molar-refractivity contribution is 6.28. The number of aromatic nitrogens is 2. The van der Waals surface area contributed by atoms with Crippen molar-refractivity contribution in [3.8, 4) is 0 Å². The van der Waals surface area contributed by atoms with Gasteiger partial charge in [0.05, 0.1) is 12.2 Å². The van der Waals surface area contributed by atoms with E-state index in [1.54, 1.807) is 4.90 Å². The Morgan fingerprint density at radius 3 is 2.62 bits per heavy atom. The minimum Gasteiger partial charge on any atom is -0.445 e. The second kappa shape index (κ2) is 11.4. The van der Waals surface area contributed by atoms with Crippen molar-refractivity contribution < 1.29 is 9.53 Å². The van der Waals surface area contributed by atoms with Crippen LogP contribution < -0.4 is 9.80 Å². The number of hydrogen-bond donors (Lipinski definition) is 0. The summed E-state index contributed by atoms with van der Waals surface area (Å²) in [4.78, 5) is 32.1. The molecule has 6 rings (SSSR count). The molecule has 202 valence electrons. The Balaban J connectivity index is 1.20. The first-order valence-corrected chi connectivity index (χ1v) is 13.8. The van der Waals surface area contributed by atoms with Crippen LogP contribution in [0.2, 0.25) is 5.28 Å².